The molecule has 0 radical (unpaired) electrons. The first-order valence-electron chi connectivity index (χ1n) is 10.0. The average molecular weight is 390 g/mol. The van der Waals surface area contributed by atoms with Crippen molar-refractivity contribution in [3.8, 4) is 5.75 Å². The second kappa shape index (κ2) is 9.39. The lowest BCUT2D eigenvalue weighted by atomic mass is 10.2. The van der Waals surface area contributed by atoms with Gasteiger partial charge in [0.25, 0.3) is 0 Å². The molecule has 6 heteroatoms. The molecule has 0 unspecified atom stereocenters. The Hall–Kier alpha value is -3.12. The number of nitrogens with zero attached hydrogens (tertiary/aromatic N) is 4. The van der Waals surface area contributed by atoms with E-state index in [0.29, 0.717) is 6.54 Å². The number of piperazine rings is 1. The van der Waals surface area contributed by atoms with E-state index in [1.807, 2.05) is 18.2 Å². The summed E-state index contributed by atoms with van der Waals surface area (Å²) in [7, 11) is 1.68. The van der Waals surface area contributed by atoms with Crippen LogP contribution in [0.2, 0.25) is 0 Å². The Morgan fingerprint density at radius 2 is 1.66 bits per heavy atom. The van der Waals surface area contributed by atoms with Crippen LogP contribution in [-0.4, -0.2) is 48.2 Å². The lowest BCUT2D eigenvalue weighted by Crippen LogP contribution is -2.46. The van der Waals surface area contributed by atoms with Crippen molar-refractivity contribution in [2.24, 2.45) is 0 Å². The highest BCUT2D eigenvalue weighted by atomic mass is 16.5. The second-order valence-corrected chi connectivity index (χ2v) is 7.21. The summed E-state index contributed by atoms with van der Waals surface area (Å²) in [6, 6.07) is 20.7. The van der Waals surface area contributed by atoms with Gasteiger partial charge in [0.05, 0.1) is 7.11 Å². The SMILES string of the molecule is COc1ccc(CNc2cc(N3CCN(Cc4ccccc4)CC3)ncn2)cc1. The summed E-state index contributed by atoms with van der Waals surface area (Å²) in [5.41, 5.74) is 2.55. The van der Waals surface area contributed by atoms with Crippen molar-refractivity contribution in [3.63, 3.8) is 0 Å². The van der Waals surface area contributed by atoms with Crippen molar-refractivity contribution in [2.45, 2.75) is 13.1 Å². The summed E-state index contributed by atoms with van der Waals surface area (Å²) in [5, 5.41) is 3.39. The fourth-order valence-corrected chi connectivity index (χ4v) is 3.53. The monoisotopic (exact) mass is 389 g/mol. The Bertz CT molecular complexity index is 893. The van der Waals surface area contributed by atoms with Crippen molar-refractivity contribution in [2.75, 3.05) is 43.5 Å². The smallest absolute Gasteiger partial charge is 0.134 e. The highest BCUT2D eigenvalue weighted by Crippen LogP contribution is 2.18. The molecule has 0 amide bonds. The number of aromatic nitrogens is 2. The van der Waals surface area contributed by atoms with Crippen molar-refractivity contribution >= 4 is 11.6 Å². The molecule has 2 heterocycles. The molecule has 4 rings (SSSR count). The first kappa shape index (κ1) is 19.2. The zero-order valence-corrected chi connectivity index (χ0v) is 16.8. The third kappa shape index (κ3) is 5.23. The van der Waals surface area contributed by atoms with Crippen LogP contribution < -0.4 is 15.0 Å². The number of anilines is 2. The molecule has 1 fully saturated rings. The Morgan fingerprint density at radius 1 is 0.897 bits per heavy atom. The van der Waals surface area contributed by atoms with Gasteiger partial charge >= 0.3 is 0 Å². The van der Waals surface area contributed by atoms with Crippen molar-refractivity contribution in [1.82, 2.24) is 14.9 Å². The quantitative estimate of drug-likeness (QED) is 0.668. The Kier molecular flexibility index (Phi) is 6.22. The van der Waals surface area contributed by atoms with Gasteiger partial charge in [0.1, 0.15) is 23.7 Å². The van der Waals surface area contributed by atoms with Crippen LogP contribution in [0.1, 0.15) is 11.1 Å². The standard InChI is InChI=1S/C23H27N5O/c1-29-21-9-7-19(8-10-21)16-24-22-15-23(26-18-25-22)28-13-11-27(12-14-28)17-20-5-3-2-4-6-20/h2-10,15,18H,11-14,16-17H2,1H3,(H,24,25,26). The summed E-state index contributed by atoms with van der Waals surface area (Å²) in [6.45, 7) is 5.74. The first-order valence-corrected chi connectivity index (χ1v) is 10.0. The maximum absolute atomic E-state index is 5.21. The molecular weight excluding hydrogens is 362 g/mol. The van der Waals surface area contributed by atoms with Crippen LogP contribution >= 0.6 is 0 Å². The molecule has 1 aromatic heterocycles. The average Bonchev–Trinajstić information content (AvgIpc) is 2.79. The number of nitrogens with one attached hydrogen (secondary N) is 1. The van der Waals surface area contributed by atoms with E-state index in [1.54, 1.807) is 13.4 Å². The Labute approximate surface area is 172 Å². The van der Waals surface area contributed by atoms with Gasteiger partial charge in [-0.15, -0.1) is 0 Å². The molecule has 1 aliphatic rings. The number of benzene rings is 2. The molecule has 3 aromatic rings. The normalized spacial score (nSPS) is 14.6. The van der Waals surface area contributed by atoms with Crippen molar-refractivity contribution in [3.05, 3.63) is 78.1 Å². The van der Waals surface area contributed by atoms with Gasteiger partial charge in [-0.1, -0.05) is 42.5 Å². The molecule has 29 heavy (non-hydrogen) atoms. The molecule has 2 aromatic carbocycles. The van der Waals surface area contributed by atoms with Gasteiger partial charge in [0.15, 0.2) is 0 Å². The molecular formula is C23H27N5O. The molecule has 6 nitrogen and oxygen atoms in total. The molecule has 1 N–H and O–H groups in total. The first-order chi connectivity index (χ1) is 14.3. The minimum Gasteiger partial charge on any atom is -0.497 e. The van der Waals surface area contributed by atoms with Crippen LogP contribution in [-0.2, 0) is 13.1 Å². The largest absolute Gasteiger partial charge is 0.497 e. The third-order valence-corrected chi connectivity index (χ3v) is 5.23. The molecule has 1 aliphatic heterocycles. The van der Waals surface area contributed by atoms with E-state index in [-0.39, 0.29) is 0 Å². The van der Waals surface area contributed by atoms with E-state index in [1.165, 1.54) is 11.1 Å². The highest BCUT2D eigenvalue weighted by molar-refractivity contribution is 5.49. The second-order valence-electron chi connectivity index (χ2n) is 7.21. The van der Waals surface area contributed by atoms with Gasteiger partial charge in [0, 0.05) is 45.3 Å². The van der Waals surface area contributed by atoms with Gasteiger partial charge in [-0.25, -0.2) is 9.97 Å². The predicted molar refractivity (Wildman–Crippen MR) is 116 cm³/mol. The fraction of sp³-hybridized carbons (Fsp3) is 0.304. The number of hydrogen-bond acceptors (Lipinski definition) is 6. The van der Waals surface area contributed by atoms with Crippen LogP contribution in [0.15, 0.2) is 67.0 Å². The molecule has 0 aliphatic carbocycles. The van der Waals surface area contributed by atoms with Gasteiger partial charge < -0.3 is 15.0 Å². The van der Waals surface area contributed by atoms with E-state index in [4.69, 9.17) is 4.74 Å². The molecule has 0 atom stereocenters. The molecule has 150 valence electrons. The van der Waals surface area contributed by atoms with Gasteiger partial charge in [-0.05, 0) is 23.3 Å². The Balaban J connectivity index is 1.30. The number of rotatable bonds is 7. The number of hydrogen-bond donors (Lipinski definition) is 1. The fourth-order valence-electron chi connectivity index (χ4n) is 3.53. The van der Waals surface area contributed by atoms with Crippen LogP contribution in [0.5, 0.6) is 5.75 Å². The highest BCUT2D eigenvalue weighted by Gasteiger charge is 2.18. The van der Waals surface area contributed by atoms with Crippen LogP contribution in [0, 0.1) is 0 Å². The number of methoxy groups -OCH3 is 1. The third-order valence-electron chi connectivity index (χ3n) is 5.23. The summed E-state index contributed by atoms with van der Waals surface area (Å²) in [4.78, 5) is 13.7. The minimum absolute atomic E-state index is 0.714. The number of ether oxygens (including phenoxy) is 1. The van der Waals surface area contributed by atoms with Crippen LogP contribution in [0.25, 0.3) is 0 Å². The summed E-state index contributed by atoms with van der Waals surface area (Å²) in [5.74, 6) is 2.69. The zero-order chi connectivity index (χ0) is 19.9. The van der Waals surface area contributed by atoms with Crippen molar-refractivity contribution in [1.29, 1.82) is 0 Å². The van der Waals surface area contributed by atoms with Gasteiger partial charge in [-0.3, -0.25) is 4.90 Å². The summed E-state index contributed by atoms with van der Waals surface area (Å²) >= 11 is 0. The topological polar surface area (TPSA) is 53.5 Å². The molecule has 0 spiro atoms. The lowest BCUT2D eigenvalue weighted by molar-refractivity contribution is 0.249. The van der Waals surface area contributed by atoms with E-state index in [2.05, 4.69) is 67.5 Å². The summed E-state index contributed by atoms with van der Waals surface area (Å²) < 4.78 is 5.21. The zero-order valence-electron chi connectivity index (χ0n) is 16.8. The minimum atomic E-state index is 0.714. The van der Waals surface area contributed by atoms with Gasteiger partial charge in [0.2, 0.25) is 0 Å². The van der Waals surface area contributed by atoms with Gasteiger partial charge in [-0.2, -0.15) is 0 Å². The Morgan fingerprint density at radius 3 is 2.38 bits per heavy atom. The molecule has 0 bridgehead atoms. The predicted octanol–water partition coefficient (Wildman–Crippen LogP) is 3.42. The van der Waals surface area contributed by atoms with Crippen LogP contribution in [0.4, 0.5) is 11.6 Å². The lowest BCUT2D eigenvalue weighted by Gasteiger charge is -2.35. The maximum Gasteiger partial charge on any atom is 0.134 e. The van der Waals surface area contributed by atoms with E-state index in [9.17, 15) is 0 Å². The molecule has 1 saturated heterocycles. The summed E-state index contributed by atoms with van der Waals surface area (Å²) in [6.07, 6.45) is 1.64. The van der Waals surface area contributed by atoms with Crippen LogP contribution in [0.3, 0.4) is 0 Å². The van der Waals surface area contributed by atoms with Crippen molar-refractivity contribution < 1.29 is 4.74 Å². The molecule has 0 saturated carbocycles. The van der Waals surface area contributed by atoms with E-state index < -0.39 is 0 Å². The van der Waals surface area contributed by atoms with E-state index in [0.717, 1.165) is 50.1 Å². The van der Waals surface area contributed by atoms with E-state index >= 15 is 0 Å². The maximum atomic E-state index is 5.21.